The zero-order valence-electron chi connectivity index (χ0n) is 13.1. The summed E-state index contributed by atoms with van der Waals surface area (Å²) in [5.74, 6) is -0.273. The molecule has 0 atom stereocenters. The van der Waals surface area contributed by atoms with Gasteiger partial charge < -0.3 is 5.32 Å². The Morgan fingerprint density at radius 3 is 2.52 bits per heavy atom. The number of carbonyl (C=O) groups is 1. The second-order valence-electron chi connectivity index (χ2n) is 5.28. The summed E-state index contributed by atoms with van der Waals surface area (Å²) < 4.78 is 3.28. The lowest BCUT2D eigenvalue weighted by molar-refractivity contribution is 0.102. The fraction of sp³-hybridized carbons (Fsp3) is 0.0625. The molecule has 0 fully saturated rings. The van der Waals surface area contributed by atoms with Crippen LogP contribution < -0.4 is 11.0 Å². The summed E-state index contributed by atoms with van der Waals surface area (Å²) in [5, 5.41) is 10.6. The number of anilines is 1. The van der Waals surface area contributed by atoms with Crippen LogP contribution in [-0.2, 0) is 7.05 Å². The lowest BCUT2D eigenvalue weighted by Crippen LogP contribution is -2.21. The van der Waals surface area contributed by atoms with E-state index in [1.165, 1.54) is 23.1 Å². The van der Waals surface area contributed by atoms with Gasteiger partial charge in [0.1, 0.15) is 0 Å². The Morgan fingerprint density at radius 1 is 1.08 bits per heavy atom. The highest BCUT2D eigenvalue weighted by atomic mass is 32.1. The van der Waals surface area contributed by atoms with E-state index >= 15 is 0 Å². The van der Waals surface area contributed by atoms with E-state index in [9.17, 15) is 9.59 Å². The van der Waals surface area contributed by atoms with Crippen LogP contribution in [0.4, 0.5) is 5.69 Å². The number of benzene rings is 2. The van der Waals surface area contributed by atoms with Crippen LogP contribution in [-0.4, -0.2) is 30.7 Å². The number of nitrogens with zero attached hydrogens (tertiary/aromatic N) is 5. The van der Waals surface area contributed by atoms with E-state index in [-0.39, 0.29) is 11.6 Å². The van der Waals surface area contributed by atoms with Crippen LogP contribution in [0.25, 0.3) is 15.9 Å². The van der Waals surface area contributed by atoms with Crippen LogP contribution in [0.5, 0.6) is 0 Å². The van der Waals surface area contributed by atoms with Gasteiger partial charge in [-0.15, -0.1) is 11.3 Å². The molecule has 0 radical (unpaired) electrons. The van der Waals surface area contributed by atoms with E-state index in [1.807, 2.05) is 24.3 Å². The Morgan fingerprint density at radius 2 is 1.84 bits per heavy atom. The number of rotatable bonds is 3. The quantitative estimate of drug-likeness (QED) is 0.607. The van der Waals surface area contributed by atoms with Crippen LogP contribution >= 0.6 is 11.3 Å². The summed E-state index contributed by atoms with van der Waals surface area (Å²) in [6.45, 7) is 0. The van der Waals surface area contributed by atoms with Gasteiger partial charge in [0.2, 0.25) is 0 Å². The van der Waals surface area contributed by atoms with Gasteiger partial charge in [0.25, 0.3) is 5.91 Å². The molecule has 25 heavy (non-hydrogen) atoms. The number of amides is 1. The second-order valence-corrected chi connectivity index (χ2v) is 6.32. The first-order chi connectivity index (χ1) is 12.1. The lowest BCUT2D eigenvalue weighted by Gasteiger charge is -2.04. The molecule has 9 heteroatoms. The van der Waals surface area contributed by atoms with Gasteiger partial charge in [0.15, 0.2) is 5.01 Å². The van der Waals surface area contributed by atoms with Crippen molar-refractivity contribution in [2.24, 2.45) is 7.05 Å². The van der Waals surface area contributed by atoms with E-state index in [0.717, 1.165) is 14.9 Å². The minimum atomic E-state index is -0.341. The summed E-state index contributed by atoms with van der Waals surface area (Å²) in [6.07, 6.45) is 0. The van der Waals surface area contributed by atoms with Gasteiger partial charge in [-0.05, 0) is 46.8 Å². The molecule has 2 heterocycles. The number of tetrazole rings is 1. The molecule has 2 aromatic carbocycles. The maximum atomic E-state index is 12.4. The Balaban J connectivity index is 1.55. The van der Waals surface area contributed by atoms with Crippen molar-refractivity contribution in [2.45, 2.75) is 0 Å². The number of thiazole rings is 1. The fourth-order valence-corrected chi connectivity index (χ4v) is 3.18. The molecule has 0 unspecified atom stereocenters. The molecule has 8 nitrogen and oxygen atoms in total. The first-order valence-electron chi connectivity index (χ1n) is 7.38. The molecule has 4 rings (SSSR count). The SMILES string of the molecule is Cn1nnn(-c2ccc(NC(=O)c3nc4ccccc4s3)cc2)c1=O. The van der Waals surface area contributed by atoms with E-state index in [0.29, 0.717) is 16.4 Å². The topological polar surface area (TPSA) is 94.7 Å². The van der Waals surface area contributed by atoms with Crippen molar-refractivity contribution in [3.63, 3.8) is 0 Å². The number of fused-ring (bicyclic) bond motifs is 1. The van der Waals surface area contributed by atoms with Crippen molar-refractivity contribution < 1.29 is 4.79 Å². The number of hydrogen-bond donors (Lipinski definition) is 1. The van der Waals surface area contributed by atoms with Crippen LogP contribution in [0.2, 0.25) is 0 Å². The minimum Gasteiger partial charge on any atom is -0.320 e. The largest absolute Gasteiger partial charge is 0.368 e. The molecule has 1 amide bonds. The third-order valence-electron chi connectivity index (χ3n) is 3.58. The van der Waals surface area contributed by atoms with Crippen molar-refractivity contribution in [1.29, 1.82) is 0 Å². The van der Waals surface area contributed by atoms with Gasteiger partial charge >= 0.3 is 5.69 Å². The molecule has 0 aliphatic carbocycles. The lowest BCUT2D eigenvalue weighted by atomic mass is 10.3. The zero-order chi connectivity index (χ0) is 17.4. The number of para-hydroxylation sites is 1. The van der Waals surface area contributed by atoms with Gasteiger partial charge in [-0.1, -0.05) is 12.1 Å². The molecule has 124 valence electrons. The van der Waals surface area contributed by atoms with Crippen LogP contribution in [0.3, 0.4) is 0 Å². The van der Waals surface area contributed by atoms with Crippen molar-refractivity contribution in [3.8, 4) is 5.69 Å². The number of aromatic nitrogens is 5. The van der Waals surface area contributed by atoms with E-state index in [2.05, 4.69) is 20.7 Å². The Hall–Kier alpha value is -3.33. The third-order valence-corrected chi connectivity index (χ3v) is 4.61. The van der Waals surface area contributed by atoms with Crippen molar-refractivity contribution in [1.82, 2.24) is 24.8 Å². The summed E-state index contributed by atoms with van der Waals surface area (Å²) >= 11 is 1.34. The highest BCUT2D eigenvalue weighted by molar-refractivity contribution is 7.20. The van der Waals surface area contributed by atoms with Crippen molar-refractivity contribution in [3.05, 3.63) is 64.0 Å². The Kier molecular flexibility index (Phi) is 3.62. The molecule has 2 aromatic heterocycles. The van der Waals surface area contributed by atoms with Crippen LogP contribution in [0, 0.1) is 0 Å². The number of nitrogens with one attached hydrogen (secondary N) is 1. The minimum absolute atomic E-state index is 0.273. The smallest absolute Gasteiger partial charge is 0.320 e. The average Bonchev–Trinajstić information content (AvgIpc) is 3.20. The molecule has 0 aliphatic rings. The van der Waals surface area contributed by atoms with Gasteiger partial charge in [-0.3, -0.25) is 4.79 Å². The Bertz CT molecular complexity index is 1090. The molecular formula is C16H12N6O2S. The second kappa shape index (κ2) is 5.95. The predicted molar refractivity (Wildman–Crippen MR) is 94.2 cm³/mol. The standard InChI is InChI=1S/C16H12N6O2S/c1-21-16(24)22(20-19-21)11-8-6-10(7-9-11)17-14(23)15-18-12-4-2-3-5-13(12)25-15/h2-9H,1H3,(H,17,23). The Labute approximate surface area is 145 Å². The number of carbonyl (C=O) groups excluding carboxylic acids is 1. The monoisotopic (exact) mass is 352 g/mol. The van der Waals surface area contributed by atoms with Gasteiger partial charge in [-0.25, -0.2) is 9.78 Å². The van der Waals surface area contributed by atoms with Crippen molar-refractivity contribution >= 4 is 33.1 Å². The molecular weight excluding hydrogens is 340 g/mol. The highest BCUT2D eigenvalue weighted by Gasteiger charge is 2.12. The van der Waals surface area contributed by atoms with Crippen LogP contribution in [0.1, 0.15) is 9.80 Å². The number of hydrogen-bond acceptors (Lipinski definition) is 6. The van der Waals surface area contributed by atoms with Crippen molar-refractivity contribution in [2.75, 3.05) is 5.32 Å². The molecule has 1 N–H and O–H groups in total. The fourth-order valence-electron chi connectivity index (χ4n) is 2.32. The first-order valence-corrected chi connectivity index (χ1v) is 8.20. The van der Waals surface area contributed by atoms with Crippen LogP contribution in [0.15, 0.2) is 53.3 Å². The highest BCUT2D eigenvalue weighted by Crippen LogP contribution is 2.22. The molecule has 0 aliphatic heterocycles. The molecule has 4 aromatic rings. The van der Waals surface area contributed by atoms with E-state index in [4.69, 9.17) is 0 Å². The summed E-state index contributed by atoms with van der Waals surface area (Å²) in [4.78, 5) is 28.5. The normalized spacial score (nSPS) is 10.9. The average molecular weight is 352 g/mol. The third kappa shape index (κ3) is 2.81. The van der Waals surface area contributed by atoms with E-state index < -0.39 is 0 Å². The van der Waals surface area contributed by atoms with Gasteiger partial charge in [0, 0.05) is 12.7 Å². The summed E-state index contributed by atoms with van der Waals surface area (Å²) in [7, 11) is 1.53. The van der Waals surface area contributed by atoms with Gasteiger partial charge in [0.05, 0.1) is 15.9 Å². The van der Waals surface area contributed by atoms with Gasteiger partial charge in [-0.2, -0.15) is 9.36 Å². The number of aryl methyl sites for hydroxylation is 1. The first kappa shape index (κ1) is 15.2. The molecule has 0 spiro atoms. The molecule has 0 bridgehead atoms. The predicted octanol–water partition coefficient (Wildman–Crippen LogP) is 1.83. The summed E-state index contributed by atoms with van der Waals surface area (Å²) in [6, 6.07) is 14.4. The zero-order valence-corrected chi connectivity index (χ0v) is 13.9. The maximum Gasteiger partial charge on any atom is 0.368 e. The van der Waals surface area contributed by atoms with E-state index in [1.54, 1.807) is 24.3 Å². The maximum absolute atomic E-state index is 12.4. The molecule has 0 saturated heterocycles. The molecule has 0 saturated carbocycles. The summed E-state index contributed by atoms with van der Waals surface area (Å²) in [5.41, 5.74) is 1.63.